The van der Waals surface area contributed by atoms with Gasteiger partial charge in [-0.25, -0.2) is 0 Å². The van der Waals surface area contributed by atoms with E-state index < -0.39 is 6.10 Å². The Morgan fingerprint density at radius 3 is 2.57 bits per heavy atom. The number of aliphatic hydroxyl groups excluding tert-OH is 1. The van der Waals surface area contributed by atoms with Crippen molar-refractivity contribution >= 4 is 11.8 Å². The van der Waals surface area contributed by atoms with E-state index in [1.807, 2.05) is 19.1 Å². The molecule has 0 bridgehead atoms. The van der Waals surface area contributed by atoms with Crippen molar-refractivity contribution in [1.82, 2.24) is 10.2 Å². The summed E-state index contributed by atoms with van der Waals surface area (Å²) in [4.78, 5) is 24.9. The van der Waals surface area contributed by atoms with E-state index in [-0.39, 0.29) is 17.7 Å². The Balaban J connectivity index is 1.98. The monoisotopic (exact) mass is 290 g/mol. The molecule has 21 heavy (non-hydrogen) atoms. The second-order valence-electron chi connectivity index (χ2n) is 5.69. The summed E-state index contributed by atoms with van der Waals surface area (Å²) in [6.45, 7) is 5.02. The molecule has 1 saturated heterocycles. The van der Waals surface area contributed by atoms with E-state index in [1.165, 1.54) is 6.92 Å². The molecule has 0 radical (unpaired) electrons. The molecule has 1 aliphatic rings. The molecule has 2 amide bonds. The quantitative estimate of drug-likeness (QED) is 0.878. The number of nitrogens with one attached hydrogen (secondary N) is 1. The van der Waals surface area contributed by atoms with Crippen LogP contribution in [0.15, 0.2) is 24.3 Å². The predicted molar refractivity (Wildman–Crippen MR) is 79.7 cm³/mol. The summed E-state index contributed by atoms with van der Waals surface area (Å²) in [5.41, 5.74) is 1.57. The highest BCUT2D eigenvalue weighted by Gasteiger charge is 2.27. The van der Waals surface area contributed by atoms with Crippen molar-refractivity contribution in [2.75, 3.05) is 13.1 Å². The third-order valence-corrected chi connectivity index (χ3v) is 3.95. The molecular weight excluding hydrogens is 268 g/mol. The molecule has 0 saturated carbocycles. The fourth-order valence-electron chi connectivity index (χ4n) is 2.41. The number of aliphatic hydroxyl groups is 1. The number of hydrogen-bond donors (Lipinski definition) is 2. The number of piperidine rings is 1. The number of carbonyl (C=O) groups excluding carboxylic acids is 2. The lowest BCUT2D eigenvalue weighted by Gasteiger charge is -2.34. The topological polar surface area (TPSA) is 69.6 Å². The lowest BCUT2D eigenvalue weighted by atomic mass is 9.95. The van der Waals surface area contributed by atoms with Gasteiger partial charge in [-0.1, -0.05) is 19.1 Å². The minimum absolute atomic E-state index is 0.0490. The number of nitrogens with zero attached hydrogens (tertiary/aromatic N) is 1. The molecule has 0 spiro atoms. The van der Waals surface area contributed by atoms with Crippen LogP contribution in [-0.4, -0.2) is 41.0 Å². The average Bonchev–Trinajstić information content (AvgIpc) is 2.48. The van der Waals surface area contributed by atoms with Gasteiger partial charge in [-0.3, -0.25) is 9.59 Å². The number of hydrogen-bond acceptors (Lipinski definition) is 3. The maximum Gasteiger partial charge on any atom is 0.253 e. The van der Waals surface area contributed by atoms with E-state index in [0.717, 1.165) is 12.0 Å². The van der Waals surface area contributed by atoms with E-state index in [1.54, 1.807) is 17.0 Å². The minimum atomic E-state index is -0.443. The number of β-amino-alcohol motifs (C(OH)–C–C–N with tert-alkyl or cyclic N) is 1. The first kappa shape index (κ1) is 15.5. The van der Waals surface area contributed by atoms with Crippen LogP contribution in [0.2, 0.25) is 0 Å². The zero-order valence-corrected chi connectivity index (χ0v) is 12.5. The first-order chi connectivity index (χ1) is 9.97. The number of amides is 2. The molecule has 2 unspecified atom stereocenters. The summed E-state index contributed by atoms with van der Waals surface area (Å²) in [5, 5.41) is 12.6. The highest BCUT2D eigenvalue weighted by atomic mass is 16.3. The van der Waals surface area contributed by atoms with Gasteiger partial charge in [-0.05, 0) is 30.0 Å². The first-order valence-electron chi connectivity index (χ1n) is 7.28. The van der Waals surface area contributed by atoms with Gasteiger partial charge in [0.15, 0.2) is 0 Å². The van der Waals surface area contributed by atoms with Crippen LogP contribution in [0.4, 0.5) is 0 Å². The molecule has 1 aromatic rings. The number of benzene rings is 1. The molecule has 2 rings (SSSR count). The van der Waals surface area contributed by atoms with Gasteiger partial charge in [0.25, 0.3) is 5.91 Å². The van der Waals surface area contributed by atoms with Gasteiger partial charge in [0.2, 0.25) is 5.91 Å². The highest BCUT2D eigenvalue weighted by molar-refractivity contribution is 5.94. The van der Waals surface area contributed by atoms with Crippen molar-refractivity contribution in [2.45, 2.75) is 32.9 Å². The summed E-state index contributed by atoms with van der Waals surface area (Å²) >= 11 is 0. The molecule has 1 fully saturated rings. The van der Waals surface area contributed by atoms with Crippen LogP contribution < -0.4 is 5.32 Å². The third kappa shape index (κ3) is 4.04. The summed E-state index contributed by atoms with van der Waals surface area (Å²) in [5.74, 6) is 0.118. The summed E-state index contributed by atoms with van der Waals surface area (Å²) in [7, 11) is 0. The average molecular weight is 290 g/mol. The van der Waals surface area contributed by atoms with Gasteiger partial charge in [-0.15, -0.1) is 0 Å². The van der Waals surface area contributed by atoms with Gasteiger partial charge in [0.05, 0.1) is 6.10 Å². The smallest absolute Gasteiger partial charge is 0.253 e. The number of carbonyl (C=O) groups is 2. The standard InChI is InChI=1S/C16H22N2O3/c1-11-7-8-18(10-15(11)20)16(21)14-5-3-13(4-6-14)9-17-12(2)19/h3-6,11,15,20H,7-10H2,1-2H3,(H,17,19). The molecule has 114 valence electrons. The molecule has 1 heterocycles. The van der Waals surface area contributed by atoms with E-state index in [9.17, 15) is 14.7 Å². The predicted octanol–water partition coefficient (Wildman–Crippen LogP) is 1.17. The van der Waals surface area contributed by atoms with Gasteiger partial charge in [0, 0.05) is 32.1 Å². The number of likely N-dealkylation sites (tertiary alicyclic amines) is 1. The Morgan fingerprint density at radius 1 is 1.33 bits per heavy atom. The molecule has 2 atom stereocenters. The zero-order valence-electron chi connectivity index (χ0n) is 12.5. The van der Waals surface area contributed by atoms with E-state index in [4.69, 9.17) is 0 Å². The van der Waals surface area contributed by atoms with Gasteiger partial charge < -0.3 is 15.3 Å². The van der Waals surface area contributed by atoms with Crippen molar-refractivity contribution < 1.29 is 14.7 Å². The second kappa shape index (κ2) is 6.72. The summed E-state index contributed by atoms with van der Waals surface area (Å²) in [6.07, 6.45) is 0.384. The van der Waals surface area contributed by atoms with Crippen molar-refractivity contribution in [3.05, 3.63) is 35.4 Å². The van der Waals surface area contributed by atoms with Crippen molar-refractivity contribution in [1.29, 1.82) is 0 Å². The van der Waals surface area contributed by atoms with Crippen LogP contribution in [0, 0.1) is 5.92 Å². The fraction of sp³-hybridized carbons (Fsp3) is 0.500. The van der Waals surface area contributed by atoms with E-state index in [2.05, 4.69) is 5.32 Å². The zero-order chi connectivity index (χ0) is 15.4. The molecule has 5 heteroatoms. The van der Waals surface area contributed by atoms with Crippen molar-refractivity contribution in [2.24, 2.45) is 5.92 Å². The van der Waals surface area contributed by atoms with E-state index in [0.29, 0.717) is 25.2 Å². The Kier molecular flexibility index (Phi) is 4.96. The number of rotatable bonds is 3. The van der Waals surface area contributed by atoms with Gasteiger partial charge in [-0.2, -0.15) is 0 Å². The lowest BCUT2D eigenvalue weighted by molar-refractivity contribution is -0.119. The summed E-state index contributed by atoms with van der Waals surface area (Å²) < 4.78 is 0. The molecular formula is C16H22N2O3. The molecule has 1 aliphatic heterocycles. The minimum Gasteiger partial charge on any atom is -0.391 e. The molecule has 2 N–H and O–H groups in total. The SMILES string of the molecule is CC(=O)NCc1ccc(C(=O)N2CCC(C)C(O)C2)cc1. The Bertz CT molecular complexity index is 513. The van der Waals surface area contributed by atoms with Crippen LogP contribution in [-0.2, 0) is 11.3 Å². The highest BCUT2D eigenvalue weighted by Crippen LogP contribution is 2.19. The molecule has 5 nitrogen and oxygen atoms in total. The maximum absolute atomic E-state index is 12.4. The molecule has 0 aromatic heterocycles. The second-order valence-corrected chi connectivity index (χ2v) is 5.69. The van der Waals surface area contributed by atoms with Gasteiger partial charge in [0.1, 0.15) is 0 Å². The van der Waals surface area contributed by atoms with Crippen molar-refractivity contribution in [3.8, 4) is 0 Å². The first-order valence-corrected chi connectivity index (χ1v) is 7.28. The van der Waals surface area contributed by atoms with Crippen LogP contribution >= 0.6 is 0 Å². The van der Waals surface area contributed by atoms with Crippen molar-refractivity contribution in [3.63, 3.8) is 0 Å². The Labute approximate surface area is 125 Å². The Morgan fingerprint density at radius 2 is 2.00 bits per heavy atom. The maximum atomic E-state index is 12.4. The van der Waals surface area contributed by atoms with Crippen LogP contribution in [0.25, 0.3) is 0 Å². The van der Waals surface area contributed by atoms with Gasteiger partial charge >= 0.3 is 0 Å². The van der Waals surface area contributed by atoms with Crippen LogP contribution in [0.3, 0.4) is 0 Å². The normalized spacial score (nSPS) is 22.0. The summed E-state index contributed by atoms with van der Waals surface area (Å²) in [6, 6.07) is 7.21. The van der Waals surface area contributed by atoms with E-state index >= 15 is 0 Å². The van der Waals surface area contributed by atoms with Crippen LogP contribution in [0.1, 0.15) is 36.2 Å². The molecule has 1 aromatic carbocycles. The largest absolute Gasteiger partial charge is 0.391 e. The van der Waals surface area contributed by atoms with Crippen LogP contribution in [0.5, 0.6) is 0 Å². The fourth-order valence-corrected chi connectivity index (χ4v) is 2.41. The third-order valence-electron chi connectivity index (χ3n) is 3.95. The Hall–Kier alpha value is -1.88. The lowest BCUT2D eigenvalue weighted by Crippen LogP contribution is -2.45. The molecule has 0 aliphatic carbocycles.